The molecule has 0 radical (unpaired) electrons. The molecule has 0 aliphatic rings. The summed E-state index contributed by atoms with van der Waals surface area (Å²) < 4.78 is 0. The zero-order valence-corrected chi connectivity index (χ0v) is 25.8. The van der Waals surface area contributed by atoms with E-state index in [2.05, 4.69) is 39.8 Å². The Labute approximate surface area is 233 Å². The van der Waals surface area contributed by atoms with Crippen LogP contribution in [0.1, 0.15) is 205 Å². The average molecular weight is 515 g/mol. The molecule has 0 saturated carbocycles. The molecule has 2 unspecified atom stereocenters. The fourth-order valence-corrected chi connectivity index (χ4v) is 6.26. The van der Waals surface area contributed by atoms with Crippen LogP contribution in [0.5, 0.6) is 5.75 Å². The van der Waals surface area contributed by atoms with Crippen LogP contribution < -0.4 is 0 Å². The number of hydrogen-bond donors (Lipinski definition) is 1. The molecule has 0 aliphatic heterocycles. The molecule has 0 heterocycles. The van der Waals surface area contributed by atoms with Crippen LogP contribution in [0.25, 0.3) is 0 Å². The van der Waals surface area contributed by atoms with Crippen LogP contribution >= 0.6 is 0 Å². The number of rotatable bonds is 26. The predicted molar refractivity (Wildman–Crippen MR) is 167 cm³/mol. The summed E-state index contributed by atoms with van der Waals surface area (Å²) in [7, 11) is 0. The van der Waals surface area contributed by atoms with Crippen molar-refractivity contribution in [3.63, 3.8) is 0 Å². The van der Waals surface area contributed by atoms with E-state index >= 15 is 0 Å². The molecule has 0 spiro atoms. The zero-order chi connectivity index (χ0) is 27.0. The summed E-state index contributed by atoms with van der Waals surface area (Å²) in [5.41, 5.74) is 2.75. The Kier molecular flexibility index (Phi) is 22.2. The van der Waals surface area contributed by atoms with Gasteiger partial charge < -0.3 is 5.11 Å². The predicted octanol–water partition coefficient (Wildman–Crippen LogP) is 13.0. The quantitative estimate of drug-likeness (QED) is 0.122. The minimum Gasteiger partial charge on any atom is -0.508 e. The first-order valence-electron chi connectivity index (χ1n) is 17.0. The van der Waals surface area contributed by atoms with Crippen LogP contribution in [0.15, 0.2) is 18.2 Å². The normalized spacial score (nSPS) is 13.2. The molecule has 0 saturated heterocycles. The molecule has 0 aliphatic carbocycles. The Bertz CT molecular complexity index is 621. The van der Waals surface area contributed by atoms with Gasteiger partial charge in [-0.1, -0.05) is 168 Å². The number of unbranched alkanes of at least 4 members (excludes halogenated alkanes) is 18. The topological polar surface area (TPSA) is 20.2 Å². The lowest BCUT2D eigenvalue weighted by Gasteiger charge is -2.25. The molecule has 0 aromatic heterocycles. The van der Waals surface area contributed by atoms with Gasteiger partial charge in [-0.15, -0.1) is 0 Å². The van der Waals surface area contributed by atoms with Gasteiger partial charge in [0.2, 0.25) is 0 Å². The van der Waals surface area contributed by atoms with E-state index in [1.807, 2.05) is 6.07 Å². The monoisotopic (exact) mass is 515 g/mol. The van der Waals surface area contributed by atoms with Gasteiger partial charge in [-0.25, -0.2) is 0 Å². The lowest BCUT2D eigenvalue weighted by molar-refractivity contribution is 0.441. The molecule has 2 atom stereocenters. The number of hydrogen-bond acceptors (Lipinski definition) is 1. The van der Waals surface area contributed by atoms with E-state index in [0.29, 0.717) is 17.6 Å². The standard InChI is InChI=1S/C36H66O/c1-5-9-11-13-15-17-19-21-23-25-28-32(7-3)34-30-27-31-35(37)36(34)33(8-4)29-26-24-22-20-18-16-14-12-10-6-2/h27,30-33,37H,5-26,28-29H2,1-4H3. The van der Waals surface area contributed by atoms with Crippen molar-refractivity contribution in [1.29, 1.82) is 0 Å². The minimum atomic E-state index is 0.506. The van der Waals surface area contributed by atoms with Crippen LogP contribution in [0.2, 0.25) is 0 Å². The summed E-state index contributed by atoms with van der Waals surface area (Å²) in [6.07, 6.45) is 32.7. The Morgan fingerprint density at radius 1 is 0.486 bits per heavy atom. The van der Waals surface area contributed by atoms with Crippen LogP contribution in [0.4, 0.5) is 0 Å². The Balaban J connectivity index is 2.43. The van der Waals surface area contributed by atoms with Gasteiger partial charge in [0.25, 0.3) is 0 Å². The van der Waals surface area contributed by atoms with Gasteiger partial charge in [0.15, 0.2) is 0 Å². The fraction of sp³-hybridized carbons (Fsp3) is 0.833. The summed E-state index contributed by atoms with van der Waals surface area (Å²) in [5.74, 6) is 1.66. The summed E-state index contributed by atoms with van der Waals surface area (Å²) in [5, 5.41) is 10.9. The molecule has 1 rings (SSSR count). The fourth-order valence-electron chi connectivity index (χ4n) is 6.26. The molecule has 1 nitrogen and oxygen atoms in total. The molecular formula is C36H66O. The van der Waals surface area contributed by atoms with Crippen LogP contribution in [-0.4, -0.2) is 5.11 Å². The highest BCUT2D eigenvalue weighted by molar-refractivity contribution is 5.43. The summed E-state index contributed by atoms with van der Waals surface area (Å²) in [6, 6.07) is 6.36. The minimum absolute atomic E-state index is 0.506. The number of phenols is 1. The van der Waals surface area contributed by atoms with Crippen molar-refractivity contribution in [3.05, 3.63) is 29.3 Å². The first-order chi connectivity index (χ1) is 18.2. The van der Waals surface area contributed by atoms with E-state index < -0.39 is 0 Å². The Morgan fingerprint density at radius 2 is 0.865 bits per heavy atom. The van der Waals surface area contributed by atoms with Crippen LogP contribution in [-0.2, 0) is 0 Å². The molecule has 0 amide bonds. The lowest BCUT2D eigenvalue weighted by Crippen LogP contribution is -2.07. The summed E-state index contributed by atoms with van der Waals surface area (Å²) in [4.78, 5) is 0. The Hall–Kier alpha value is -0.980. The molecule has 0 bridgehead atoms. The third-order valence-corrected chi connectivity index (χ3v) is 8.76. The van der Waals surface area contributed by atoms with E-state index in [1.54, 1.807) is 0 Å². The maximum atomic E-state index is 10.9. The second kappa shape index (κ2) is 24.1. The molecule has 1 aromatic carbocycles. The second-order valence-corrected chi connectivity index (χ2v) is 11.9. The van der Waals surface area contributed by atoms with Crippen molar-refractivity contribution in [3.8, 4) is 5.75 Å². The van der Waals surface area contributed by atoms with Gasteiger partial charge in [-0.2, -0.15) is 0 Å². The van der Waals surface area contributed by atoms with E-state index in [4.69, 9.17) is 0 Å². The van der Waals surface area contributed by atoms with Gasteiger partial charge in [0.05, 0.1) is 0 Å². The lowest BCUT2D eigenvalue weighted by atomic mass is 9.80. The van der Waals surface area contributed by atoms with Crippen LogP contribution in [0.3, 0.4) is 0 Å². The van der Waals surface area contributed by atoms with Gasteiger partial charge in [0.1, 0.15) is 5.75 Å². The van der Waals surface area contributed by atoms with Crippen molar-refractivity contribution >= 4 is 0 Å². The second-order valence-electron chi connectivity index (χ2n) is 11.9. The maximum Gasteiger partial charge on any atom is 0.119 e. The van der Waals surface area contributed by atoms with Crippen molar-refractivity contribution in [2.24, 2.45) is 0 Å². The summed E-state index contributed by atoms with van der Waals surface area (Å²) >= 11 is 0. The van der Waals surface area contributed by atoms with Gasteiger partial charge >= 0.3 is 0 Å². The largest absolute Gasteiger partial charge is 0.508 e. The van der Waals surface area contributed by atoms with E-state index in [0.717, 1.165) is 6.42 Å². The number of benzene rings is 1. The van der Waals surface area contributed by atoms with Crippen molar-refractivity contribution in [2.75, 3.05) is 0 Å². The SMILES string of the molecule is CCCCCCCCCCCCC(CC)c1cccc(O)c1C(CC)CCCCCCCCCCCC. The number of aromatic hydroxyl groups is 1. The highest BCUT2D eigenvalue weighted by Gasteiger charge is 2.22. The van der Waals surface area contributed by atoms with Crippen molar-refractivity contribution < 1.29 is 5.11 Å². The molecular weight excluding hydrogens is 448 g/mol. The van der Waals surface area contributed by atoms with Gasteiger partial charge in [0, 0.05) is 5.56 Å². The molecule has 1 aromatic rings. The smallest absolute Gasteiger partial charge is 0.119 e. The third kappa shape index (κ3) is 15.9. The van der Waals surface area contributed by atoms with Gasteiger partial charge in [-0.05, 0) is 49.1 Å². The molecule has 0 fully saturated rings. The first-order valence-corrected chi connectivity index (χ1v) is 17.0. The zero-order valence-electron chi connectivity index (χ0n) is 25.8. The average Bonchev–Trinajstić information content (AvgIpc) is 2.91. The molecule has 37 heavy (non-hydrogen) atoms. The highest BCUT2D eigenvalue weighted by atomic mass is 16.3. The third-order valence-electron chi connectivity index (χ3n) is 8.76. The van der Waals surface area contributed by atoms with Gasteiger partial charge in [-0.3, -0.25) is 0 Å². The number of phenolic OH excluding ortho intramolecular Hbond substituents is 1. The Morgan fingerprint density at radius 3 is 1.27 bits per heavy atom. The van der Waals surface area contributed by atoms with E-state index in [1.165, 1.54) is 159 Å². The molecule has 1 N–H and O–H groups in total. The molecule has 216 valence electrons. The van der Waals surface area contributed by atoms with E-state index in [-0.39, 0.29) is 0 Å². The first kappa shape index (κ1) is 34.0. The van der Waals surface area contributed by atoms with Crippen LogP contribution in [0, 0.1) is 0 Å². The highest BCUT2D eigenvalue weighted by Crippen LogP contribution is 2.40. The van der Waals surface area contributed by atoms with Crippen molar-refractivity contribution in [2.45, 2.75) is 194 Å². The van der Waals surface area contributed by atoms with E-state index in [9.17, 15) is 5.11 Å². The molecule has 1 heteroatoms. The van der Waals surface area contributed by atoms with Crippen molar-refractivity contribution in [1.82, 2.24) is 0 Å². The maximum absolute atomic E-state index is 10.9. The summed E-state index contributed by atoms with van der Waals surface area (Å²) in [6.45, 7) is 9.26.